The van der Waals surface area contributed by atoms with Crippen LogP contribution in [0.1, 0.15) is 32.8 Å². The van der Waals surface area contributed by atoms with Crippen LogP contribution in [0.2, 0.25) is 0 Å². The van der Waals surface area contributed by atoms with E-state index in [0.717, 1.165) is 12.0 Å². The van der Waals surface area contributed by atoms with Gasteiger partial charge in [0.1, 0.15) is 0 Å². The quantitative estimate of drug-likeness (QED) is 0.324. The molecule has 0 saturated carbocycles. The van der Waals surface area contributed by atoms with Gasteiger partial charge in [-0.25, -0.2) is 0 Å². The molecule has 0 spiro atoms. The Morgan fingerprint density at radius 2 is 1.61 bits per heavy atom. The largest absolute Gasteiger partial charge is 0.466 e. The predicted molar refractivity (Wildman–Crippen MR) is 89.2 cm³/mol. The zero-order valence-corrected chi connectivity index (χ0v) is 14.2. The van der Waals surface area contributed by atoms with Gasteiger partial charge in [-0.1, -0.05) is 26.1 Å². The topological polar surface area (TPSA) is 46.2 Å². The van der Waals surface area contributed by atoms with Gasteiger partial charge in [-0.2, -0.15) is 0 Å². The van der Waals surface area contributed by atoms with E-state index in [1.54, 1.807) is 0 Å². The Morgan fingerprint density at radius 1 is 1.00 bits per heavy atom. The van der Waals surface area contributed by atoms with Gasteiger partial charge in [0.25, 0.3) is 0 Å². The van der Waals surface area contributed by atoms with Crippen molar-refractivity contribution in [3.05, 3.63) is 49.4 Å². The van der Waals surface area contributed by atoms with E-state index in [-0.39, 0.29) is 19.2 Å². The highest BCUT2D eigenvalue weighted by atomic mass is 16.7. The summed E-state index contributed by atoms with van der Waals surface area (Å²) in [7, 11) is 0. The van der Waals surface area contributed by atoms with Gasteiger partial charge in [0, 0.05) is 0 Å². The molecule has 0 aliphatic heterocycles. The van der Waals surface area contributed by atoms with Gasteiger partial charge in [-0.3, -0.25) is 0 Å². The van der Waals surface area contributed by atoms with E-state index in [1.165, 1.54) is 12.5 Å². The van der Waals surface area contributed by atoms with E-state index in [1.807, 2.05) is 18.2 Å². The van der Waals surface area contributed by atoms with E-state index in [4.69, 9.17) is 23.7 Å². The molecule has 0 amide bonds. The van der Waals surface area contributed by atoms with Crippen molar-refractivity contribution in [2.24, 2.45) is 0 Å². The number of benzene rings is 1. The minimum atomic E-state index is -0.167. The Kier molecular flexibility index (Phi) is 8.05. The first kappa shape index (κ1) is 18.9. The van der Waals surface area contributed by atoms with Gasteiger partial charge in [0.15, 0.2) is 11.5 Å². The molecule has 5 heteroatoms. The molecule has 1 aromatic carbocycles. The van der Waals surface area contributed by atoms with Gasteiger partial charge in [0.05, 0.1) is 24.7 Å². The molecule has 0 saturated heterocycles. The van der Waals surface area contributed by atoms with Crippen LogP contribution >= 0.6 is 0 Å². The third-order valence-corrected chi connectivity index (χ3v) is 3.29. The summed E-state index contributed by atoms with van der Waals surface area (Å²) in [4.78, 5) is 0. The Hall–Kier alpha value is -2.14. The molecule has 0 N–H and O–H groups in total. The lowest BCUT2D eigenvalue weighted by Crippen LogP contribution is -2.22. The molecule has 0 atom stereocenters. The van der Waals surface area contributed by atoms with E-state index in [0.29, 0.717) is 18.1 Å². The summed E-state index contributed by atoms with van der Waals surface area (Å²) >= 11 is 0. The minimum Gasteiger partial charge on any atom is -0.466 e. The lowest BCUT2D eigenvalue weighted by Gasteiger charge is -2.23. The summed E-state index contributed by atoms with van der Waals surface area (Å²) in [6.45, 7) is 13.8. The zero-order valence-electron chi connectivity index (χ0n) is 14.2. The Bertz CT molecular complexity index is 496. The van der Waals surface area contributed by atoms with Crippen LogP contribution in [0.3, 0.4) is 0 Å². The maximum Gasteiger partial charge on any atom is 0.230 e. The second kappa shape index (κ2) is 9.79. The fraction of sp³-hybridized carbons (Fsp3) is 0.444. The lowest BCUT2D eigenvalue weighted by molar-refractivity contribution is -0.0318. The average molecular weight is 322 g/mol. The molecule has 0 aromatic heterocycles. The number of hydrogen-bond donors (Lipinski definition) is 0. The van der Waals surface area contributed by atoms with E-state index in [9.17, 15) is 0 Å². The highest BCUT2D eigenvalue weighted by Gasteiger charge is 2.16. The molecule has 0 bridgehead atoms. The van der Waals surface area contributed by atoms with Crippen molar-refractivity contribution < 1.29 is 23.7 Å². The van der Waals surface area contributed by atoms with Crippen molar-refractivity contribution in [1.82, 2.24) is 0 Å². The van der Waals surface area contributed by atoms with Gasteiger partial charge >= 0.3 is 0 Å². The minimum absolute atomic E-state index is 0.0486. The van der Waals surface area contributed by atoms with Crippen LogP contribution in [-0.2, 0) is 20.8 Å². The highest BCUT2D eigenvalue weighted by Crippen LogP contribution is 2.29. The van der Waals surface area contributed by atoms with Crippen LogP contribution in [0, 0.1) is 0 Å². The Labute approximate surface area is 138 Å². The molecule has 128 valence electrons. The second-order valence-electron chi connectivity index (χ2n) is 5.37. The summed E-state index contributed by atoms with van der Waals surface area (Å²) in [6, 6.07) is 5.60. The van der Waals surface area contributed by atoms with E-state index >= 15 is 0 Å². The first-order chi connectivity index (χ1) is 11.0. The van der Waals surface area contributed by atoms with Crippen molar-refractivity contribution in [3.8, 4) is 11.5 Å². The van der Waals surface area contributed by atoms with Crippen LogP contribution in [-0.4, -0.2) is 19.2 Å². The number of rotatable bonds is 12. The van der Waals surface area contributed by atoms with Gasteiger partial charge in [-0.15, -0.1) is 0 Å². The molecule has 0 aliphatic carbocycles. The third kappa shape index (κ3) is 7.10. The molecule has 23 heavy (non-hydrogen) atoms. The van der Waals surface area contributed by atoms with Crippen molar-refractivity contribution in [1.29, 1.82) is 0 Å². The first-order valence-corrected chi connectivity index (χ1v) is 7.50. The monoisotopic (exact) mass is 322 g/mol. The molecule has 0 unspecified atom stereocenters. The SMILES string of the molecule is C=COCOc1ccc(COC(C)(C)CC)cc1OCOC=C. The van der Waals surface area contributed by atoms with Crippen molar-refractivity contribution in [2.75, 3.05) is 13.6 Å². The molecule has 0 heterocycles. The summed E-state index contributed by atoms with van der Waals surface area (Å²) in [6.07, 6.45) is 3.57. The molecule has 5 nitrogen and oxygen atoms in total. The van der Waals surface area contributed by atoms with Crippen molar-refractivity contribution >= 4 is 0 Å². The normalized spacial score (nSPS) is 10.7. The van der Waals surface area contributed by atoms with Crippen LogP contribution in [0.4, 0.5) is 0 Å². The molecular weight excluding hydrogens is 296 g/mol. The number of hydrogen-bond acceptors (Lipinski definition) is 5. The summed E-state index contributed by atoms with van der Waals surface area (Å²) < 4.78 is 26.9. The van der Waals surface area contributed by atoms with Crippen LogP contribution < -0.4 is 9.47 Å². The highest BCUT2D eigenvalue weighted by molar-refractivity contribution is 5.42. The van der Waals surface area contributed by atoms with Crippen molar-refractivity contribution in [2.45, 2.75) is 39.4 Å². The molecule has 1 rings (SSSR count). The molecule has 0 radical (unpaired) electrons. The summed E-state index contributed by atoms with van der Waals surface area (Å²) in [5, 5.41) is 0. The fourth-order valence-electron chi connectivity index (χ4n) is 1.55. The van der Waals surface area contributed by atoms with E-state index < -0.39 is 0 Å². The molecule has 1 aromatic rings. The average Bonchev–Trinajstić information content (AvgIpc) is 2.55. The Balaban J connectivity index is 2.78. The standard InChI is InChI=1S/C18H26O5/c1-6-18(4,5)23-12-15-9-10-16(21-13-19-7-2)17(11-15)22-14-20-8-3/h7-11H,2-3,6,12-14H2,1,4-5H3. The van der Waals surface area contributed by atoms with Gasteiger partial charge in [-0.05, 0) is 38.0 Å². The maximum absolute atomic E-state index is 5.90. The van der Waals surface area contributed by atoms with Gasteiger partial charge < -0.3 is 23.7 Å². The maximum atomic E-state index is 5.90. The lowest BCUT2D eigenvalue weighted by atomic mass is 10.1. The van der Waals surface area contributed by atoms with Crippen LogP contribution in [0.15, 0.2) is 43.9 Å². The fourth-order valence-corrected chi connectivity index (χ4v) is 1.55. The zero-order chi connectivity index (χ0) is 17.1. The summed E-state index contributed by atoms with van der Waals surface area (Å²) in [5.41, 5.74) is 0.817. The van der Waals surface area contributed by atoms with Crippen LogP contribution in [0.5, 0.6) is 11.5 Å². The predicted octanol–water partition coefficient (Wildman–Crippen LogP) is 4.38. The molecule has 0 aliphatic rings. The van der Waals surface area contributed by atoms with Crippen LogP contribution in [0.25, 0.3) is 0 Å². The molecule has 0 fully saturated rings. The Morgan fingerprint density at radius 3 is 2.17 bits per heavy atom. The third-order valence-electron chi connectivity index (χ3n) is 3.29. The summed E-state index contributed by atoms with van der Waals surface area (Å²) in [5.74, 6) is 1.10. The smallest absolute Gasteiger partial charge is 0.230 e. The van der Waals surface area contributed by atoms with Gasteiger partial charge in [0.2, 0.25) is 13.6 Å². The number of ether oxygens (including phenoxy) is 5. The second-order valence-corrected chi connectivity index (χ2v) is 5.37. The first-order valence-electron chi connectivity index (χ1n) is 7.50. The van der Waals surface area contributed by atoms with Crippen molar-refractivity contribution in [3.63, 3.8) is 0 Å². The molecular formula is C18H26O5. The van der Waals surface area contributed by atoms with E-state index in [2.05, 4.69) is 33.9 Å².